The Bertz CT molecular complexity index is 551. The summed E-state index contributed by atoms with van der Waals surface area (Å²) in [6.45, 7) is 0. The Balaban J connectivity index is 2.17. The molecule has 6 heteroatoms. The van der Waals surface area contributed by atoms with Crippen molar-refractivity contribution in [3.8, 4) is 0 Å². The highest BCUT2D eigenvalue weighted by molar-refractivity contribution is 7.89. The zero-order chi connectivity index (χ0) is 14.6. The van der Waals surface area contributed by atoms with Gasteiger partial charge < -0.3 is 5.73 Å². The number of nitrogens with one attached hydrogen (secondary N) is 2. The lowest BCUT2D eigenvalue weighted by Crippen LogP contribution is -2.49. The van der Waals surface area contributed by atoms with Crippen LogP contribution >= 0.6 is 0 Å². The summed E-state index contributed by atoms with van der Waals surface area (Å²) in [5.74, 6) is 0.0242. The van der Waals surface area contributed by atoms with Crippen LogP contribution in [0.1, 0.15) is 32.1 Å². The van der Waals surface area contributed by atoms with Gasteiger partial charge in [-0.05, 0) is 30.9 Å². The van der Waals surface area contributed by atoms with Gasteiger partial charge in [0.15, 0.2) is 0 Å². The van der Waals surface area contributed by atoms with Crippen molar-refractivity contribution in [1.82, 2.24) is 4.72 Å². The molecule has 4 N–H and O–H groups in total. The van der Waals surface area contributed by atoms with Crippen molar-refractivity contribution in [1.29, 1.82) is 5.41 Å². The Kier molecular flexibility index (Phi) is 4.77. The second-order valence-corrected chi connectivity index (χ2v) is 6.98. The van der Waals surface area contributed by atoms with Crippen molar-refractivity contribution in [3.63, 3.8) is 0 Å². The van der Waals surface area contributed by atoms with E-state index in [0.29, 0.717) is 0 Å². The Morgan fingerprint density at radius 2 is 1.80 bits per heavy atom. The predicted octanol–water partition coefficient (Wildman–Crippen LogP) is 1.85. The van der Waals surface area contributed by atoms with Crippen molar-refractivity contribution in [2.45, 2.75) is 43.0 Å². The zero-order valence-corrected chi connectivity index (χ0v) is 12.2. The van der Waals surface area contributed by atoms with Crippen molar-refractivity contribution in [2.75, 3.05) is 0 Å². The topological polar surface area (TPSA) is 96.0 Å². The molecule has 1 atom stereocenters. The molecule has 0 amide bonds. The standard InChI is InChI=1S/C14H21N3O2S/c15-14(16)13(11-7-3-1-4-8-11)17-20(18,19)12-9-5-2-6-10-12/h2,5-6,9-11,13,17H,1,3-4,7-8H2,(H3,15,16). The van der Waals surface area contributed by atoms with Crippen molar-refractivity contribution < 1.29 is 8.42 Å². The lowest BCUT2D eigenvalue weighted by Gasteiger charge is -2.29. The van der Waals surface area contributed by atoms with Gasteiger partial charge >= 0.3 is 0 Å². The largest absolute Gasteiger partial charge is 0.386 e. The molecule has 110 valence electrons. The highest BCUT2D eigenvalue weighted by Gasteiger charge is 2.30. The van der Waals surface area contributed by atoms with Crippen LogP contribution in [0.3, 0.4) is 0 Å². The van der Waals surface area contributed by atoms with Gasteiger partial charge in [0, 0.05) is 0 Å². The van der Waals surface area contributed by atoms with Crippen LogP contribution in [0.15, 0.2) is 35.2 Å². The highest BCUT2D eigenvalue weighted by Crippen LogP contribution is 2.27. The molecule has 1 saturated carbocycles. The van der Waals surface area contributed by atoms with Crippen LogP contribution in [0.25, 0.3) is 0 Å². The lowest BCUT2D eigenvalue weighted by atomic mass is 9.84. The van der Waals surface area contributed by atoms with E-state index in [9.17, 15) is 8.42 Å². The second kappa shape index (κ2) is 6.37. The minimum absolute atomic E-state index is 0.101. The summed E-state index contributed by atoms with van der Waals surface area (Å²) in [5.41, 5.74) is 5.61. The summed E-state index contributed by atoms with van der Waals surface area (Å²) < 4.78 is 27.3. The van der Waals surface area contributed by atoms with Gasteiger partial charge in [-0.3, -0.25) is 5.41 Å². The Hall–Kier alpha value is -1.40. The second-order valence-electron chi connectivity index (χ2n) is 5.27. The van der Waals surface area contributed by atoms with E-state index in [2.05, 4.69) is 4.72 Å². The lowest BCUT2D eigenvalue weighted by molar-refractivity contribution is 0.328. The van der Waals surface area contributed by atoms with E-state index in [1.165, 1.54) is 6.42 Å². The molecule has 1 aliphatic carbocycles. The van der Waals surface area contributed by atoms with Crippen molar-refractivity contribution in [2.24, 2.45) is 11.7 Å². The molecule has 0 aromatic heterocycles. The molecular formula is C14H21N3O2S. The average molecular weight is 295 g/mol. The maximum absolute atomic E-state index is 12.3. The number of rotatable bonds is 5. The molecule has 0 aliphatic heterocycles. The van der Waals surface area contributed by atoms with Gasteiger partial charge in [0.1, 0.15) is 5.84 Å². The van der Waals surface area contributed by atoms with Crippen LogP contribution in [-0.4, -0.2) is 20.3 Å². The van der Waals surface area contributed by atoms with E-state index in [1.54, 1.807) is 30.3 Å². The van der Waals surface area contributed by atoms with Crippen LogP contribution < -0.4 is 10.5 Å². The minimum Gasteiger partial charge on any atom is -0.386 e. The number of nitrogens with two attached hydrogens (primary N) is 1. The Morgan fingerprint density at radius 1 is 1.20 bits per heavy atom. The molecule has 2 rings (SSSR count). The molecule has 0 radical (unpaired) electrons. The third-order valence-corrected chi connectivity index (χ3v) is 5.25. The first-order chi connectivity index (χ1) is 9.50. The monoisotopic (exact) mass is 295 g/mol. The quantitative estimate of drug-likeness (QED) is 0.571. The third-order valence-electron chi connectivity index (χ3n) is 3.79. The summed E-state index contributed by atoms with van der Waals surface area (Å²) >= 11 is 0. The predicted molar refractivity (Wildman–Crippen MR) is 79.0 cm³/mol. The smallest absolute Gasteiger partial charge is 0.241 e. The van der Waals surface area contributed by atoms with E-state index in [-0.39, 0.29) is 16.6 Å². The first kappa shape index (κ1) is 15.0. The molecule has 1 aliphatic rings. The van der Waals surface area contributed by atoms with Crippen molar-refractivity contribution in [3.05, 3.63) is 30.3 Å². The van der Waals surface area contributed by atoms with Crippen LogP contribution in [0.4, 0.5) is 0 Å². The zero-order valence-electron chi connectivity index (χ0n) is 11.4. The molecule has 1 unspecified atom stereocenters. The van der Waals surface area contributed by atoms with Gasteiger partial charge in [0.2, 0.25) is 10.0 Å². The molecule has 20 heavy (non-hydrogen) atoms. The first-order valence-electron chi connectivity index (χ1n) is 6.92. The van der Waals surface area contributed by atoms with Crippen molar-refractivity contribution >= 4 is 15.9 Å². The number of hydrogen-bond acceptors (Lipinski definition) is 3. The fraction of sp³-hybridized carbons (Fsp3) is 0.500. The maximum Gasteiger partial charge on any atom is 0.241 e. The van der Waals surface area contributed by atoms with Gasteiger partial charge in [-0.1, -0.05) is 37.5 Å². The number of hydrogen-bond donors (Lipinski definition) is 3. The molecular weight excluding hydrogens is 274 g/mol. The van der Waals surface area contributed by atoms with E-state index in [1.807, 2.05) is 0 Å². The fourth-order valence-corrected chi connectivity index (χ4v) is 4.02. The van der Waals surface area contributed by atoms with E-state index < -0.39 is 16.1 Å². The first-order valence-corrected chi connectivity index (χ1v) is 8.40. The summed E-state index contributed by atoms with van der Waals surface area (Å²) in [6, 6.07) is 7.61. The van der Waals surface area contributed by atoms with Crippen LogP contribution in [0.5, 0.6) is 0 Å². The summed E-state index contributed by atoms with van der Waals surface area (Å²) in [7, 11) is -3.62. The average Bonchev–Trinajstić information content (AvgIpc) is 2.46. The van der Waals surface area contributed by atoms with E-state index >= 15 is 0 Å². The van der Waals surface area contributed by atoms with Crippen LogP contribution in [-0.2, 0) is 10.0 Å². The highest BCUT2D eigenvalue weighted by atomic mass is 32.2. The molecule has 1 aromatic carbocycles. The molecule has 0 saturated heterocycles. The molecule has 0 bridgehead atoms. The summed E-state index contributed by atoms with van der Waals surface area (Å²) in [6.07, 6.45) is 5.15. The molecule has 1 fully saturated rings. The van der Waals surface area contributed by atoms with E-state index in [0.717, 1.165) is 25.7 Å². The number of sulfonamides is 1. The molecule has 5 nitrogen and oxygen atoms in total. The van der Waals surface area contributed by atoms with Crippen LogP contribution in [0, 0.1) is 11.3 Å². The van der Waals surface area contributed by atoms with Gasteiger partial charge in [-0.2, -0.15) is 0 Å². The molecule has 0 heterocycles. The van der Waals surface area contributed by atoms with E-state index in [4.69, 9.17) is 11.1 Å². The van der Waals surface area contributed by atoms with Gasteiger partial charge in [0.25, 0.3) is 0 Å². The SMILES string of the molecule is N=C(N)C(NS(=O)(=O)c1ccccc1)C1CCCCC1. The third kappa shape index (κ3) is 3.58. The summed E-state index contributed by atoms with van der Waals surface area (Å²) in [5, 5.41) is 7.68. The van der Waals surface area contributed by atoms with Gasteiger partial charge in [-0.25, -0.2) is 13.1 Å². The van der Waals surface area contributed by atoms with Gasteiger partial charge in [0.05, 0.1) is 10.9 Å². The minimum atomic E-state index is -3.62. The summed E-state index contributed by atoms with van der Waals surface area (Å²) in [4.78, 5) is 0.210. The Labute approximate surface area is 120 Å². The molecule has 1 aromatic rings. The van der Waals surface area contributed by atoms with Crippen LogP contribution in [0.2, 0.25) is 0 Å². The fourth-order valence-electron chi connectivity index (χ4n) is 2.72. The normalized spacial score (nSPS) is 18.6. The van der Waals surface area contributed by atoms with Gasteiger partial charge in [-0.15, -0.1) is 0 Å². The molecule has 0 spiro atoms. The Morgan fingerprint density at radius 3 is 2.35 bits per heavy atom. The number of amidine groups is 1. The number of benzene rings is 1. The maximum atomic E-state index is 12.3.